The van der Waals surface area contributed by atoms with Gasteiger partial charge in [0.2, 0.25) is 11.8 Å². The number of nitrogens with one attached hydrogen (secondary N) is 1. The molecule has 0 saturated carbocycles. The minimum atomic E-state index is -0.634. The summed E-state index contributed by atoms with van der Waals surface area (Å²) in [7, 11) is 1.69. The average Bonchev–Trinajstić information content (AvgIpc) is 2.42. The highest BCUT2D eigenvalue weighted by molar-refractivity contribution is 7.80. The molecule has 0 spiro atoms. The molecule has 6 heteroatoms. The normalized spacial score (nSPS) is 13.4. The number of thiol groups is 1. The van der Waals surface area contributed by atoms with Gasteiger partial charge in [0.15, 0.2) is 0 Å². The van der Waals surface area contributed by atoms with E-state index in [1.54, 1.807) is 18.0 Å². The summed E-state index contributed by atoms with van der Waals surface area (Å²) in [5, 5.41) is 3.20. The first-order valence-corrected chi connectivity index (χ1v) is 7.28. The molecular weight excluding hydrogens is 296 g/mol. The first kappa shape index (κ1) is 16.9. The lowest BCUT2D eigenvalue weighted by Crippen LogP contribution is -2.48. The summed E-state index contributed by atoms with van der Waals surface area (Å²) in [6.07, 6.45) is 0. The number of likely N-dealkylation sites (N-methyl/N-ethyl adjacent to an activating group) is 1. The Labute approximate surface area is 129 Å². The van der Waals surface area contributed by atoms with Gasteiger partial charge in [-0.1, -0.05) is 29.8 Å². The van der Waals surface area contributed by atoms with Crippen molar-refractivity contribution < 1.29 is 9.59 Å². The van der Waals surface area contributed by atoms with Crippen LogP contribution in [0.5, 0.6) is 0 Å². The summed E-state index contributed by atoms with van der Waals surface area (Å²) < 4.78 is 0. The van der Waals surface area contributed by atoms with Gasteiger partial charge in [-0.25, -0.2) is 0 Å². The van der Waals surface area contributed by atoms with Gasteiger partial charge in [-0.2, -0.15) is 12.6 Å². The molecule has 0 heterocycles. The molecule has 0 aliphatic rings. The number of rotatable bonds is 5. The molecule has 2 atom stereocenters. The highest BCUT2D eigenvalue weighted by Gasteiger charge is 2.26. The van der Waals surface area contributed by atoms with Gasteiger partial charge in [-0.3, -0.25) is 9.59 Å². The molecule has 110 valence electrons. The van der Waals surface area contributed by atoms with Crippen molar-refractivity contribution in [3.8, 4) is 0 Å². The first-order valence-electron chi connectivity index (χ1n) is 6.27. The standard InChI is InChI=1S/C14H19ClN2O2S/c1-9(11-6-4-5-7-12(11)15)17(3)14(19)13(8-20)16-10(2)18/h4-7,9,13,20H,8H2,1-3H3,(H,16,18). The van der Waals surface area contributed by atoms with Gasteiger partial charge in [-0.15, -0.1) is 0 Å². The maximum absolute atomic E-state index is 12.4. The van der Waals surface area contributed by atoms with E-state index in [9.17, 15) is 9.59 Å². The minimum absolute atomic E-state index is 0.188. The molecule has 2 amide bonds. The van der Waals surface area contributed by atoms with Gasteiger partial charge in [-0.05, 0) is 18.6 Å². The summed E-state index contributed by atoms with van der Waals surface area (Å²) in [6.45, 7) is 3.27. The molecular formula is C14H19ClN2O2S. The molecule has 1 aromatic carbocycles. The average molecular weight is 315 g/mol. The zero-order chi connectivity index (χ0) is 15.3. The van der Waals surface area contributed by atoms with Crippen molar-refractivity contribution in [1.29, 1.82) is 0 Å². The molecule has 1 aromatic rings. The first-order chi connectivity index (χ1) is 9.38. The number of hydrogen-bond donors (Lipinski definition) is 2. The summed E-state index contributed by atoms with van der Waals surface area (Å²) in [4.78, 5) is 25.0. The van der Waals surface area contributed by atoms with E-state index in [2.05, 4.69) is 17.9 Å². The number of halogens is 1. The number of nitrogens with zero attached hydrogens (tertiary/aromatic N) is 1. The fraction of sp³-hybridized carbons (Fsp3) is 0.429. The molecule has 1 N–H and O–H groups in total. The fourth-order valence-corrected chi connectivity index (χ4v) is 2.43. The molecule has 2 unspecified atom stereocenters. The minimum Gasteiger partial charge on any atom is -0.344 e. The molecule has 20 heavy (non-hydrogen) atoms. The summed E-state index contributed by atoms with van der Waals surface area (Å²) >= 11 is 10.3. The van der Waals surface area contributed by atoms with E-state index in [0.717, 1.165) is 5.56 Å². The molecule has 0 radical (unpaired) electrons. The lowest BCUT2D eigenvalue weighted by atomic mass is 10.1. The van der Waals surface area contributed by atoms with Crippen molar-refractivity contribution in [1.82, 2.24) is 10.2 Å². The van der Waals surface area contributed by atoms with Crippen molar-refractivity contribution >= 4 is 36.0 Å². The Hall–Kier alpha value is -1.20. The zero-order valence-corrected chi connectivity index (χ0v) is 13.4. The molecule has 0 aliphatic heterocycles. The van der Waals surface area contributed by atoms with Crippen LogP contribution in [0.1, 0.15) is 25.5 Å². The van der Waals surface area contributed by atoms with Crippen LogP contribution in [0.25, 0.3) is 0 Å². The number of carbonyl (C=O) groups excluding carboxylic acids is 2. The van der Waals surface area contributed by atoms with E-state index in [-0.39, 0.29) is 23.6 Å². The number of hydrogen-bond acceptors (Lipinski definition) is 3. The van der Waals surface area contributed by atoms with Crippen LogP contribution in [0.4, 0.5) is 0 Å². The second-order valence-electron chi connectivity index (χ2n) is 4.58. The van der Waals surface area contributed by atoms with Crippen molar-refractivity contribution in [2.75, 3.05) is 12.8 Å². The van der Waals surface area contributed by atoms with Crippen LogP contribution < -0.4 is 5.32 Å². The number of carbonyl (C=O) groups is 2. The molecule has 0 fully saturated rings. The monoisotopic (exact) mass is 314 g/mol. The quantitative estimate of drug-likeness (QED) is 0.819. The predicted molar refractivity (Wildman–Crippen MR) is 84.1 cm³/mol. The van der Waals surface area contributed by atoms with Crippen molar-refractivity contribution in [2.45, 2.75) is 25.9 Å². The van der Waals surface area contributed by atoms with E-state index < -0.39 is 6.04 Å². The Morgan fingerprint density at radius 3 is 2.50 bits per heavy atom. The Bertz CT molecular complexity index is 496. The van der Waals surface area contributed by atoms with Crippen LogP contribution >= 0.6 is 24.2 Å². The van der Waals surface area contributed by atoms with Crippen molar-refractivity contribution in [3.63, 3.8) is 0 Å². The van der Waals surface area contributed by atoms with E-state index in [1.165, 1.54) is 6.92 Å². The summed E-state index contributed by atoms with van der Waals surface area (Å²) in [6, 6.07) is 6.56. The summed E-state index contributed by atoms with van der Waals surface area (Å²) in [5.74, 6) is -0.198. The lowest BCUT2D eigenvalue weighted by molar-refractivity contribution is -0.135. The van der Waals surface area contributed by atoms with E-state index >= 15 is 0 Å². The van der Waals surface area contributed by atoms with Crippen LogP contribution in [-0.4, -0.2) is 35.6 Å². The second kappa shape index (κ2) is 7.55. The Morgan fingerprint density at radius 2 is 2.00 bits per heavy atom. The predicted octanol–water partition coefficient (Wildman–Crippen LogP) is 2.29. The Kier molecular flexibility index (Phi) is 6.36. The Morgan fingerprint density at radius 1 is 1.40 bits per heavy atom. The Balaban J connectivity index is 2.87. The second-order valence-corrected chi connectivity index (χ2v) is 5.35. The molecule has 0 aromatic heterocycles. The van der Waals surface area contributed by atoms with Crippen LogP contribution in [0.3, 0.4) is 0 Å². The highest BCUT2D eigenvalue weighted by atomic mass is 35.5. The molecule has 0 aliphatic carbocycles. The molecule has 0 saturated heterocycles. The number of benzene rings is 1. The maximum atomic E-state index is 12.4. The largest absolute Gasteiger partial charge is 0.344 e. The third-order valence-electron chi connectivity index (χ3n) is 3.14. The van der Waals surface area contributed by atoms with Gasteiger partial charge < -0.3 is 10.2 Å². The van der Waals surface area contributed by atoms with Crippen LogP contribution in [-0.2, 0) is 9.59 Å². The number of amides is 2. The summed E-state index contributed by atoms with van der Waals surface area (Å²) in [5.41, 5.74) is 0.866. The maximum Gasteiger partial charge on any atom is 0.246 e. The lowest BCUT2D eigenvalue weighted by Gasteiger charge is -2.29. The van der Waals surface area contributed by atoms with Crippen molar-refractivity contribution in [2.24, 2.45) is 0 Å². The van der Waals surface area contributed by atoms with Crippen LogP contribution in [0.2, 0.25) is 5.02 Å². The van der Waals surface area contributed by atoms with Gasteiger partial charge in [0.25, 0.3) is 0 Å². The van der Waals surface area contributed by atoms with Crippen molar-refractivity contribution in [3.05, 3.63) is 34.9 Å². The van der Waals surface area contributed by atoms with Crippen LogP contribution in [0.15, 0.2) is 24.3 Å². The topological polar surface area (TPSA) is 49.4 Å². The van der Waals surface area contributed by atoms with Crippen LogP contribution in [0, 0.1) is 0 Å². The molecule has 0 bridgehead atoms. The highest BCUT2D eigenvalue weighted by Crippen LogP contribution is 2.26. The van der Waals surface area contributed by atoms with Gasteiger partial charge >= 0.3 is 0 Å². The fourth-order valence-electron chi connectivity index (χ4n) is 1.89. The molecule has 1 rings (SSSR count). The SMILES string of the molecule is CC(=O)NC(CS)C(=O)N(C)C(C)c1ccccc1Cl. The van der Waals surface area contributed by atoms with Gasteiger partial charge in [0, 0.05) is 24.7 Å². The molecule has 4 nitrogen and oxygen atoms in total. The van der Waals surface area contributed by atoms with Gasteiger partial charge in [0.05, 0.1) is 6.04 Å². The third-order valence-corrected chi connectivity index (χ3v) is 3.85. The third kappa shape index (κ3) is 4.15. The van der Waals surface area contributed by atoms with E-state index in [1.807, 2.05) is 25.1 Å². The zero-order valence-electron chi connectivity index (χ0n) is 11.8. The van der Waals surface area contributed by atoms with Gasteiger partial charge in [0.1, 0.15) is 6.04 Å². The van der Waals surface area contributed by atoms with E-state index in [4.69, 9.17) is 11.6 Å². The smallest absolute Gasteiger partial charge is 0.246 e. The van der Waals surface area contributed by atoms with E-state index in [0.29, 0.717) is 5.02 Å².